The van der Waals surface area contributed by atoms with Crippen molar-refractivity contribution in [1.82, 2.24) is 9.97 Å². The molecule has 0 spiro atoms. The smallest absolute Gasteiger partial charge is 0.145 e. The third kappa shape index (κ3) is 3.77. The first-order valence-electron chi connectivity index (χ1n) is 5.69. The summed E-state index contributed by atoms with van der Waals surface area (Å²) in [6.45, 7) is 2.00. The molecule has 1 heterocycles. The molecule has 100 valence electrons. The summed E-state index contributed by atoms with van der Waals surface area (Å²) in [6, 6.07) is 7.82. The normalized spacial score (nSPS) is 10.3. The summed E-state index contributed by atoms with van der Waals surface area (Å²) in [6.07, 6.45) is 0.748. The molecule has 0 atom stereocenters. The fourth-order valence-electron chi connectivity index (χ4n) is 1.52. The van der Waals surface area contributed by atoms with Gasteiger partial charge in [-0.05, 0) is 56.7 Å². The Morgan fingerprint density at radius 2 is 2.00 bits per heavy atom. The zero-order valence-electron chi connectivity index (χ0n) is 10.2. The maximum atomic E-state index is 5.41. The van der Waals surface area contributed by atoms with Gasteiger partial charge in [-0.15, -0.1) is 0 Å². The predicted octanol–water partition coefficient (Wildman–Crippen LogP) is 3.44. The van der Waals surface area contributed by atoms with Crippen LogP contribution in [-0.4, -0.2) is 9.97 Å². The summed E-state index contributed by atoms with van der Waals surface area (Å²) in [7, 11) is 0. The Labute approximate surface area is 133 Å². The van der Waals surface area contributed by atoms with E-state index in [2.05, 4.69) is 59.2 Å². The lowest BCUT2D eigenvalue weighted by Crippen LogP contribution is -2.11. The van der Waals surface area contributed by atoms with Gasteiger partial charge in [0, 0.05) is 20.5 Å². The number of hydrogen-bond donors (Lipinski definition) is 3. The first kappa shape index (κ1) is 14.5. The second-order valence-electron chi connectivity index (χ2n) is 3.80. The number of rotatable bonds is 4. The van der Waals surface area contributed by atoms with Gasteiger partial charge < -0.3 is 10.7 Å². The number of anilines is 3. The number of hydrazine groups is 1. The topological polar surface area (TPSA) is 75.9 Å². The highest BCUT2D eigenvalue weighted by atomic mass is 127. The van der Waals surface area contributed by atoms with Crippen molar-refractivity contribution in [2.75, 3.05) is 10.7 Å². The minimum absolute atomic E-state index is 0.594. The molecule has 0 saturated carbocycles. The van der Waals surface area contributed by atoms with Gasteiger partial charge in [0.15, 0.2) is 0 Å². The molecule has 0 fully saturated rings. The van der Waals surface area contributed by atoms with Crippen molar-refractivity contribution >= 4 is 55.8 Å². The summed E-state index contributed by atoms with van der Waals surface area (Å²) >= 11 is 5.79. The predicted molar refractivity (Wildman–Crippen MR) is 89.4 cm³/mol. The Balaban J connectivity index is 2.31. The largest absolute Gasteiger partial charge is 0.339 e. The monoisotopic (exact) mass is 433 g/mol. The maximum Gasteiger partial charge on any atom is 0.145 e. The molecule has 0 saturated heterocycles. The van der Waals surface area contributed by atoms with Crippen LogP contribution in [0.4, 0.5) is 17.3 Å². The van der Waals surface area contributed by atoms with Crippen LogP contribution in [0, 0.1) is 3.57 Å². The van der Waals surface area contributed by atoms with Crippen LogP contribution < -0.4 is 16.6 Å². The highest BCUT2D eigenvalue weighted by molar-refractivity contribution is 14.1. The minimum Gasteiger partial charge on any atom is -0.339 e. The van der Waals surface area contributed by atoms with Crippen LogP contribution in [0.25, 0.3) is 0 Å². The van der Waals surface area contributed by atoms with E-state index in [4.69, 9.17) is 5.84 Å². The van der Waals surface area contributed by atoms with Gasteiger partial charge in [0.05, 0.1) is 5.69 Å². The lowest BCUT2D eigenvalue weighted by Gasteiger charge is -2.10. The summed E-state index contributed by atoms with van der Waals surface area (Å²) in [5.41, 5.74) is 3.50. The van der Waals surface area contributed by atoms with Crippen molar-refractivity contribution in [2.24, 2.45) is 5.84 Å². The SMILES string of the molecule is CCc1nc(NN)cc(Nc2ccc(I)cc2Br)n1. The molecule has 2 rings (SSSR count). The Morgan fingerprint density at radius 1 is 1.26 bits per heavy atom. The number of nitrogens with two attached hydrogens (primary N) is 1. The van der Waals surface area contributed by atoms with Crippen molar-refractivity contribution in [2.45, 2.75) is 13.3 Å². The van der Waals surface area contributed by atoms with E-state index in [1.54, 1.807) is 6.07 Å². The number of aryl methyl sites for hydroxylation is 1. The molecule has 7 heteroatoms. The summed E-state index contributed by atoms with van der Waals surface area (Å²) < 4.78 is 2.15. The molecule has 5 nitrogen and oxygen atoms in total. The number of halogens is 2. The first-order valence-corrected chi connectivity index (χ1v) is 7.56. The lowest BCUT2D eigenvalue weighted by atomic mass is 10.3. The van der Waals surface area contributed by atoms with E-state index in [1.807, 2.05) is 25.1 Å². The average Bonchev–Trinajstić information content (AvgIpc) is 2.41. The van der Waals surface area contributed by atoms with Crippen molar-refractivity contribution in [3.63, 3.8) is 0 Å². The van der Waals surface area contributed by atoms with E-state index in [-0.39, 0.29) is 0 Å². The zero-order valence-corrected chi connectivity index (χ0v) is 14.0. The van der Waals surface area contributed by atoms with Crippen LogP contribution in [0.1, 0.15) is 12.7 Å². The van der Waals surface area contributed by atoms with E-state index in [0.29, 0.717) is 11.6 Å². The number of nitrogens with one attached hydrogen (secondary N) is 2. The number of nitrogen functional groups attached to an aromatic ring is 1. The van der Waals surface area contributed by atoms with Crippen molar-refractivity contribution in [1.29, 1.82) is 0 Å². The molecule has 0 bridgehead atoms. The summed E-state index contributed by atoms with van der Waals surface area (Å²) in [5.74, 6) is 7.45. The van der Waals surface area contributed by atoms with Crippen LogP contribution in [0.5, 0.6) is 0 Å². The number of hydrogen-bond acceptors (Lipinski definition) is 5. The molecule has 0 aliphatic rings. The minimum atomic E-state index is 0.594. The number of aromatic nitrogens is 2. The molecule has 0 amide bonds. The Morgan fingerprint density at radius 3 is 2.63 bits per heavy atom. The van der Waals surface area contributed by atoms with E-state index in [0.717, 1.165) is 26.0 Å². The van der Waals surface area contributed by atoms with Crippen molar-refractivity contribution in [3.05, 3.63) is 38.1 Å². The summed E-state index contributed by atoms with van der Waals surface area (Å²) in [4.78, 5) is 8.67. The third-order valence-electron chi connectivity index (χ3n) is 2.43. The molecule has 0 aliphatic heterocycles. The van der Waals surface area contributed by atoms with E-state index < -0.39 is 0 Å². The lowest BCUT2D eigenvalue weighted by molar-refractivity contribution is 0.941. The van der Waals surface area contributed by atoms with Crippen LogP contribution in [0.3, 0.4) is 0 Å². The number of benzene rings is 1. The molecule has 19 heavy (non-hydrogen) atoms. The zero-order chi connectivity index (χ0) is 13.8. The summed E-state index contributed by atoms with van der Waals surface area (Å²) in [5, 5.41) is 3.25. The van der Waals surface area contributed by atoms with Gasteiger partial charge >= 0.3 is 0 Å². The molecule has 0 aliphatic carbocycles. The first-order chi connectivity index (χ1) is 9.12. The highest BCUT2D eigenvalue weighted by Crippen LogP contribution is 2.27. The maximum absolute atomic E-state index is 5.41. The molecule has 4 N–H and O–H groups in total. The van der Waals surface area contributed by atoms with Gasteiger partial charge in [-0.1, -0.05) is 6.92 Å². The Hall–Kier alpha value is -0.930. The molecule has 0 unspecified atom stereocenters. The number of nitrogens with zero attached hydrogens (tertiary/aromatic N) is 2. The van der Waals surface area contributed by atoms with Crippen LogP contribution >= 0.6 is 38.5 Å². The Bertz CT molecular complexity index is 568. The second kappa shape index (κ2) is 6.49. The van der Waals surface area contributed by atoms with Crippen molar-refractivity contribution in [3.8, 4) is 0 Å². The second-order valence-corrected chi connectivity index (χ2v) is 5.90. The highest BCUT2D eigenvalue weighted by Gasteiger charge is 2.05. The van der Waals surface area contributed by atoms with Crippen LogP contribution in [-0.2, 0) is 6.42 Å². The van der Waals surface area contributed by atoms with Gasteiger partial charge in [0.25, 0.3) is 0 Å². The van der Waals surface area contributed by atoms with Gasteiger partial charge in [0.1, 0.15) is 17.5 Å². The van der Waals surface area contributed by atoms with E-state index in [9.17, 15) is 0 Å². The molecule has 2 aromatic rings. The van der Waals surface area contributed by atoms with Gasteiger partial charge in [-0.2, -0.15) is 0 Å². The van der Waals surface area contributed by atoms with Crippen molar-refractivity contribution < 1.29 is 0 Å². The fraction of sp³-hybridized carbons (Fsp3) is 0.167. The standard InChI is InChI=1S/C12H13BrIN5/c1-2-10-17-11(6-12(18-10)19-15)16-9-4-3-7(14)5-8(9)13/h3-6H,2,15H2,1H3,(H2,16,17,18,19). The fourth-order valence-corrected chi connectivity index (χ4v) is 2.92. The molecule has 0 radical (unpaired) electrons. The van der Waals surface area contributed by atoms with Gasteiger partial charge in [-0.3, -0.25) is 0 Å². The van der Waals surface area contributed by atoms with Gasteiger partial charge in [-0.25, -0.2) is 15.8 Å². The molecular formula is C12H13BrIN5. The van der Waals surface area contributed by atoms with E-state index in [1.165, 1.54) is 0 Å². The average molecular weight is 434 g/mol. The third-order valence-corrected chi connectivity index (χ3v) is 3.76. The van der Waals surface area contributed by atoms with Crippen LogP contribution in [0.2, 0.25) is 0 Å². The molecule has 1 aromatic carbocycles. The quantitative estimate of drug-likeness (QED) is 0.391. The molecular weight excluding hydrogens is 421 g/mol. The molecule has 1 aromatic heterocycles. The van der Waals surface area contributed by atoms with Gasteiger partial charge in [0.2, 0.25) is 0 Å². The van der Waals surface area contributed by atoms with E-state index >= 15 is 0 Å². The van der Waals surface area contributed by atoms with Crippen LogP contribution in [0.15, 0.2) is 28.7 Å². The Kier molecular flexibility index (Phi) is 4.94.